The Hall–Kier alpha value is -1.82. The van der Waals surface area contributed by atoms with Crippen LogP contribution in [0.5, 0.6) is 0 Å². The van der Waals surface area contributed by atoms with Gasteiger partial charge in [0.1, 0.15) is 0 Å². The van der Waals surface area contributed by atoms with E-state index < -0.39 is 5.92 Å². The fraction of sp³-hybridized carbons (Fsp3) is 0.125. The van der Waals surface area contributed by atoms with Gasteiger partial charge in [-0.15, -0.1) is 0 Å². The number of halogens is 2. The Balaban J connectivity index is 2.14. The molecule has 0 spiro atoms. The molecule has 0 heterocycles. The summed E-state index contributed by atoms with van der Waals surface area (Å²) in [5.41, 5.74) is 1.35. The molecule has 4 heteroatoms. The Morgan fingerprint density at radius 1 is 1.00 bits per heavy atom. The average Bonchev–Trinajstić information content (AvgIpc) is 2.46. The molecule has 0 radical (unpaired) electrons. The number of hydrogen-bond acceptors (Lipinski definition) is 2. The van der Waals surface area contributed by atoms with Gasteiger partial charge in [-0.1, -0.05) is 35.3 Å². The molecule has 100 valence electrons. The lowest BCUT2D eigenvalue weighted by molar-refractivity contribution is 0.0979. The van der Waals surface area contributed by atoms with E-state index in [-0.39, 0.29) is 12.2 Å². The van der Waals surface area contributed by atoms with E-state index in [0.29, 0.717) is 15.6 Å². The predicted molar refractivity (Wildman–Crippen MR) is 80.2 cm³/mol. The second-order valence-corrected chi connectivity index (χ2v) is 5.24. The highest BCUT2D eigenvalue weighted by Gasteiger charge is 2.16. The number of benzene rings is 2. The van der Waals surface area contributed by atoms with Crippen molar-refractivity contribution < 1.29 is 4.79 Å². The van der Waals surface area contributed by atoms with Crippen molar-refractivity contribution in [2.45, 2.75) is 12.3 Å². The fourth-order valence-electron chi connectivity index (χ4n) is 1.87. The lowest BCUT2D eigenvalue weighted by Gasteiger charge is -2.09. The average molecular weight is 304 g/mol. The summed E-state index contributed by atoms with van der Waals surface area (Å²) in [5, 5.41) is 10.4. The van der Waals surface area contributed by atoms with Crippen LogP contribution in [0.4, 0.5) is 0 Å². The molecule has 0 aliphatic heterocycles. The van der Waals surface area contributed by atoms with Crippen LogP contribution in [0.2, 0.25) is 10.0 Å². The number of carbonyl (C=O) groups excluding carboxylic acids is 1. The molecule has 0 aromatic heterocycles. The number of rotatable bonds is 4. The molecule has 2 aromatic rings. The molecular weight excluding hydrogens is 293 g/mol. The quantitative estimate of drug-likeness (QED) is 0.756. The number of nitrogens with zero attached hydrogens (tertiary/aromatic N) is 1. The third kappa shape index (κ3) is 3.60. The zero-order chi connectivity index (χ0) is 14.5. The zero-order valence-electron chi connectivity index (χ0n) is 10.5. The number of hydrogen-bond donors (Lipinski definition) is 0. The van der Waals surface area contributed by atoms with Crippen molar-refractivity contribution in [3.8, 4) is 6.07 Å². The monoisotopic (exact) mass is 303 g/mol. The van der Waals surface area contributed by atoms with Gasteiger partial charge in [0.05, 0.1) is 12.0 Å². The van der Waals surface area contributed by atoms with Crippen LogP contribution in [0, 0.1) is 11.3 Å². The standard InChI is InChI=1S/C16H11Cl2NO/c17-14-5-1-11(2-6-14)13(10-19)9-16(20)12-3-7-15(18)8-4-12/h1-8,13H,9H2/t13-/m0/s1. The van der Waals surface area contributed by atoms with Crippen molar-refractivity contribution in [2.24, 2.45) is 0 Å². The minimum Gasteiger partial charge on any atom is -0.294 e. The Bertz CT molecular complexity index is 642. The molecule has 2 nitrogen and oxygen atoms in total. The number of carbonyl (C=O) groups is 1. The number of ketones is 1. The molecule has 0 N–H and O–H groups in total. The van der Waals surface area contributed by atoms with Crippen LogP contribution in [-0.4, -0.2) is 5.78 Å². The van der Waals surface area contributed by atoms with E-state index in [4.69, 9.17) is 23.2 Å². The molecule has 2 aromatic carbocycles. The van der Waals surface area contributed by atoms with E-state index >= 15 is 0 Å². The Labute approximate surface area is 127 Å². The van der Waals surface area contributed by atoms with Gasteiger partial charge in [-0.05, 0) is 42.0 Å². The lowest BCUT2D eigenvalue weighted by atomic mass is 9.93. The van der Waals surface area contributed by atoms with Crippen LogP contribution >= 0.6 is 23.2 Å². The smallest absolute Gasteiger partial charge is 0.164 e. The second-order valence-electron chi connectivity index (χ2n) is 4.37. The summed E-state index contributed by atoms with van der Waals surface area (Å²) in [6, 6.07) is 15.8. The van der Waals surface area contributed by atoms with Gasteiger partial charge in [-0.3, -0.25) is 4.79 Å². The van der Waals surface area contributed by atoms with Crippen LogP contribution in [0.1, 0.15) is 28.3 Å². The summed E-state index contributed by atoms with van der Waals surface area (Å²) in [7, 11) is 0. The Kier molecular flexibility index (Phi) is 4.79. The molecule has 1 atom stereocenters. The maximum Gasteiger partial charge on any atom is 0.164 e. The summed E-state index contributed by atoms with van der Waals surface area (Å²) in [6.45, 7) is 0. The van der Waals surface area contributed by atoms with Gasteiger partial charge < -0.3 is 0 Å². The first kappa shape index (κ1) is 14.6. The van der Waals surface area contributed by atoms with Gasteiger partial charge >= 0.3 is 0 Å². The highest BCUT2D eigenvalue weighted by atomic mass is 35.5. The molecule has 2 rings (SSSR count). The number of Topliss-reactive ketones (excluding diaryl/α,β-unsaturated/α-hetero) is 1. The van der Waals surface area contributed by atoms with Gasteiger partial charge in [0.15, 0.2) is 5.78 Å². The summed E-state index contributed by atoms with van der Waals surface area (Å²) in [4.78, 5) is 12.1. The van der Waals surface area contributed by atoms with Gasteiger partial charge in [-0.2, -0.15) is 5.26 Å². The summed E-state index contributed by atoms with van der Waals surface area (Å²) in [5.74, 6) is -0.557. The van der Waals surface area contributed by atoms with Crippen molar-refractivity contribution >= 4 is 29.0 Å². The van der Waals surface area contributed by atoms with Crippen molar-refractivity contribution in [3.63, 3.8) is 0 Å². The first-order chi connectivity index (χ1) is 9.60. The predicted octanol–water partition coefficient (Wildman–Crippen LogP) is 4.87. The molecule has 0 aliphatic carbocycles. The zero-order valence-corrected chi connectivity index (χ0v) is 12.0. The van der Waals surface area contributed by atoms with E-state index in [0.717, 1.165) is 5.56 Å². The minimum atomic E-state index is -0.476. The largest absolute Gasteiger partial charge is 0.294 e. The molecule has 0 amide bonds. The molecule has 0 unspecified atom stereocenters. The minimum absolute atomic E-state index is 0.0804. The van der Waals surface area contributed by atoms with E-state index in [1.807, 2.05) is 0 Å². The Morgan fingerprint density at radius 3 is 2.00 bits per heavy atom. The first-order valence-electron chi connectivity index (χ1n) is 6.04. The van der Waals surface area contributed by atoms with Crippen molar-refractivity contribution in [1.82, 2.24) is 0 Å². The van der Waals surface area contributed by atoms with Crippen molar-refractivity contribution in [2.75, 3.05) is 0 Å². The van der Waals surface area contributed by atoms with Crippen LogP contribution in [0.3, 0.4) is 0 Å². The van der Waals surface area contributed by atoms with Crippen LogP contribution in [0.15, 0.2) is 48.5 Å². The van der Waals surface area contributed by atoms with E-state index in [1.165, 1.54) is 0 Å². The fourth-order valence-corrected chi connectivity index (χ4v) is 2.12. The van der Waals surface area contributed by atoms with E-state index in [1.54, 1.807) is 48.5 Å². The van der Waals surface area contributed by atoms with Crippen LogP contribution in [0.25, 0.3) is 0 Å². The third-order valence-electron chi connectivity index (χ3n) is 2.98. The van der Waals surface area contributed by atoms with Gasteiger partial charge in [0.2, 0.25) is 0 Å². The maximum atomic E-state index is 12.1. The summed E-state index contributed by atoms with van der Waals surface area (Å²) >= 11 is 11.6. The van der Waals surface area contributed by atoms with E-state index in [2.05, 4.69) is 6.07 Å². The topological polar surface area (TPSA) is 40.9 Å². The summed E-state index contributed by atoms with van der Waals surface area (Å²) < 4.78 is 0. The molecule has 0 aliphatic rings. The van der Waals surface area contributed by atoms with Crippen molar-refractivity contribution in [1.29, 1.82) is 5.26 Å². The van der Waals surface area contributed by atoms with Gasteiger partial charge in [0.25, 0.3) is 0 Å². The molecule has 0 bridgehead atoms. The lowest BCUT2D eigenvalue weighted by Crippen LogP contribution is -2.06. The molecule has 0 saturated carbocycles. The molecule has 0 saturated heterocycles. The van der Waals surface area contributed by atoms with E-state index in [9.17, 15) is 10.1 Å². The van der Waals surface area contributed by atoms with Gasteiger partial charge in [-0.25, -0.2) is 0 Å². The normalized spacial score (nSPS) is 11.7. The third-order valence-corrected chi connectivity index (χ3v) is 3.49. The SMILES string of the molecule is N#C[C@H](CC(=O)c1ccc(Cl)cc1)c1ccc(Cl)cc1. The molecule has 0 fully saturated rings. The summed E-state index contributed by atoms with van der Waals surface area (Å²) in [6.07, 6.45) is 0.139. The number of nitriles is 1. The second kappa shape index (κ2) is 6.56. The van der Waals surface area contributed by atoms with Gasteiger partial charge in [0, 0.05) is 22.0 Å². The maximum absolute atomic E-state index is 12.1. The highest BCUT2D eigenvalue weighted by Crippen LogP contribution is 2.23. The Morgan fingerprint density at radius 2 is 1.50 bits per heavy atom. The van der Waals surface area contributed by atoms with Crippen molar-refractivity contribution in [3.05, 3.63) is 69.7 Å². The highest BCUT2D eigenvalue weighted by molar-refractivity contribution is 6.30. The molecular formula is C16H11Cl2NO. The van der Waals surface area contributed by atoms with Crippen LogP contribution < -0.4 is 0 Å². The first-order valence-corrected chi connectivity index (χ1v) is 6.79. The molecule has 20 heavy (non-hydrogen) atoms. The van der Waals surface area contributed by atoms with Crippen LogP contribution in [-0.2, 0) is 0 Å².